The number of anilines is 1. The molecule has 0 radical (unpaired) electrons. The third-order valence-electron chi connectivity index (χ3n) is 7.40. The number of rotatable bonds is 6. The van der Waals surface area contributed by atoms with Gasteiger partial charge in [-0.25, -0.2) is 22.5 Å². The van der Waals surface area contributed by atoms with E-state index in [-0.39, 0.29) is 49.0 Å². The maximum atomic E-state index is 14.7. The first kappa shape index (κ1) is 26.4. The molecule has 0 spiro atoms. The van der Waals surface area contributed by atoms with Crippen LogP contribution in [0, 0.1) is 11.7 Å². The standard InChI is InChI=1S/C25H31FN6O5S/c1-37-21-5-3-4-18(26)23(21)19-12-17-20(13-27-19)29-30-24(17)28-25(34)15-6-8-16(9-7-15)31-10-11-32(22(33)14-31)38(2,35)36/h3-9,17,19-20,24,27,29-30H,10-14H2,1-2H3,(H,28,34). The average molecular weight is 547 g/mol. The van der Waals surface area contributed by atoms with Gasteiger partial charge in [0.05, 0.1) is 32.6 Å². The molecule has 38 heavy (non-hydrogen) atoms. The van der Waals surface area contributed by atoms with Crippen LogP contribution in [0.3, 0.4) is 0 Å². The van der Waals surface area contributed by atoms with Crippen molar-refractivity contribution in [2.75, 3.05) is 44.4 Å². The summed E-state index contributed by atoms with van der Waals surface area (Å²) in [6.07, 6.45) is 1.24. The first-order chi connectivity index (χ1) is 18.2. The van der Waals surface area contributed by atoms with E-state index in [1.807, 2.05) is 0 Å². The molecule has 0 bridgehead atoms. The fourth-order valence-electron chi connectivity index (χ4n) is 5.44. The van der Waals surface area contributed by atoms with E-state index in [0.717, 1.165) is 16.2 Å². The van der Waals surface area contributed by atoms with Crippen LogP contribution in [0.1, 0.15) is 28.4 Å². The zero-order valence-corrected chi connectivity index (χ0v) is 21.9. The van der Waals surface area contributed by atoms with Crippen LogP contribution in [0.5, 0.6) is 5.75 Å². The number of carbonyl (C=O) groups is 2. The molecule has 0 aliphatic carbocycles. The highest BCUT2D eigenvalue weighted by Crippen LogP contribution is 2.36. The van der Waals surface area contributed by atoms with Crippen LogP contribution in [0.2, 0.25) is 0 Å². The molecule has 4 N–H and O–H groups in total. The van der Waals surface area contributed by atoms with Crippen LogP contribution in [0.15, 0.2) is 42.5 Å². The number of methoxy groups -OCH3 is 1. The first-order valence-corrected chi connectivity index (χ1v) is 14.2. The van der Waals surface area contributed by atoms with Crippen molar-refractivity contribution >= 4 is 27.5 Å². The lowest BCUT2D eigenvalue weighted by atomic mass is 9.84. The summed E-state index contributed by atoms with van der Waals surface area (Å²) < 4.78 is 44.4. The number of piperazine rings is 1. The molecular formula is C25H31FN6O5S. The van der Waals surface area contributed by atoms with Crippen molar-refractivity contribution in [1.29, 1.82) is 0 Å². The Hall–Kier alpha value is -3.26. The minimum Gasteiger partial charge on any atom is -0.496 e. The number of hydrogen-bond donors (Lipinski definition) is 4. The molecule has 0 aromatic heterocycles. The predicted molar refractivity (Wildman–Crippen MR) is 138 cm³/mol. The Morgan fingerprint density at radius 1 is 1.13 bits per heavy atom. The van der Waals surface area contributed by atoms with Crippen molar-refractivity contribution in [2.24, 2.45) is 5.92 Å². The molecule has 3 fully saturated rings. The van der Waals surface area contributed by atoms with E-state index in [1.54, 1.807) is 41.3 Å². The van der Waals surface area contributed by atoms with E-state index in [2.05, 4.69) is 21.5 Å². The summed E-state index contributed by atoms with van der Waals surface area (Å²) in [5.74, 6) is -0.596. The highest BCUT2D eigenvalue weighted by atomic mass is 32.2. The summed E-state index contributed by atoms with van der Waals surface area (Å²) in [6, 6.07) is 11.4. The number of amides is 2. The van der Waals surface area contributed by atoms with E-state index in [9.17, 15) is 22.4 Å². The van der Waals surface area contributed by atoms with Gasteiger partial charge in [-0.2, -0.15) is 0 Å². The SMILES string of the molecule is COc1cccc(F)c1C1CC2C(CN1)NNC2NC(=O)c1ccc(N2CCN(S(C)(=O)=O)C(=O)C2)cc1. The third-order valence-corrected chi connectivity index (χ3v) is 8.59. The molecule has 3 heterocycles. The zero-order chi connectivity index (χ0) is 27.0. The van der Waals surface area contributed by atoms with E-state index in [1.165, 1.54) is 13.2 Å². The number of hydrazine groups is 1. The Balaban J connectivity index is 1.23. The summed E-state index contributed by atoms with van der Waals surface area (Å²) in [5.41, 5.74) is 8.02. The van der Waals surface area contributed by atoms with Crippen LogP contribution in [-0.4, -0.2) is 76.3 Å². The molecule has 3 aliphatic heterocycles. The van der Waals surface area contributed by atoms with Gasteiger partial charge in [0.25, 0.3) is 11.8 Å². The van der Waals surface area contributed by atoms with Crippen molar-refractivity contribution in [3.63, 3.8) is 0 Å². The quantitative estimate of drug-likeness (QED) is 0.405. The first-order valence-electron chi connectivity index (χ1n) is 12.4. The molecule has 11 nitrogen and oxygen atoms in total. The lowest BCUT2D eigenvalue weighted by Crippen LogP contribution is -2.52. The molecular weight excluding hydrogens is 515 g/mol. The van der Waals surface area contributed by atoms with Gasteiger partial charge in [-0.05, 0) is 42.8 Å². The second-order valence-electron chi connectivity index (χ2n) is 9.76. The number of fused-ring (bicyclic) bond motifs is 1. The maximum Gasteiger partial charge on any atom is 0.255 e. The molecule has 4 atom stereocenters. The van der Waals surface area contributed by atoms with E-state index < -0.39 is 15.9 Å². The fourth-order valence-corrected chi connectivity index (χ4v) is 6.28. The topological polar surface area (TPSA) is 132 Å². The lowest BCUT2D eigenvalue weighted by molar-refractivity contribution is -0.126. The van der Waals surface area contributed by atoms with Gasteiger partial charge in [0.2, 0.25) is 10.0 Å². The highest BCUT2D eigenvalue weighted by Gasteiger charge is 2.42. The van der Waals surface area contributed by atoms with Gasteiger partial charge in [-0.15, -0.1) is 0 Å². The van der Waals surface area contributed by atoms with Gasteiger partial charge >= 0.3 is 0 Å². The number of halogens is 1. The van der Waals surface area contributed by atoms with Crippen molar-refractivity contribution in [1.82, 2.24) is 25.8 Å². The molecule has 13 heteroatoms. The van der Waals surface area contributed by atoms with Gasteiger partial charge < -0.3 is 20.3 Å². The Morgan fingerprint density at radius 3 is 2.58 bits per heavy atom. The molecule has 204 valence electrons. The van der Waals surface area contributed by atoms with E-state index in [0.29, 0.717) is 36.4 Å². The van der Waals surface area contributed by atoms with E-state index >= 15 is 0 Å². The number of hydrogen-bond acceptors (Lipinski definition) is 9. The Kier molecular flexibility index (Phi) is 7.27. The summed E-state index contributed by atoms with van der Waals surface area (Å²) in [7, 11) is -2.06. The maximum absolute atomic E-state index is 14.7. The van der Waals surface area contributed by atoms with Crippen molar-refractivity contribution in [3.8, 4) is 5.75 Å². The Morgan fingerprint density at radius 2 is 1.89 bits per heavy atom. The molecule has 2 amide bonds. The minimum atomic E-state index is -3.58. The molecule has 5 rings (SSSR count). The number of nitrogens with one attached hydrogen (secondary N) is 4. The number of nitrogens with zero attached hydrogens (tertiary/aromatic N) is 2. The second-order valence-corrected chi connectivity index (χ2v) is 11.7. The lowest BCUT2D eigenvalue weighted by Gasteiger charge is -2.35. The summed E-state index contributed by atoms with van der Waals surface area (Å²) >= 11 is 0. The summed E-state index contributed by atoms with van der Waals surface area (Å²) in [4.78, 5) is 27.1. The van der Waals surface area contributed by atoms with Gasteiger partial charge in [-0.3, -0.25) is 15.0 Å². The van der Waals surface area contributed by atoms with Gasteiger partial charge in [0.15, 0.2) is 0 Å². The summed E-state index contributed by atoms with van der Waals surface area (Å²) in [5, 5.41) is 6.41. The molecule has 3 aliphatic rings. The van der Waals surface area contributed by atoms with Gasteiger partial charge in [0.1, 0.15) is 11.6 Å². The number of sulfonamides is 1. The van der Waals surface area contributed by atoms with Crippen molar-refractivity contribution in [3.05, 3.63) is 59.4 Å². The monoisotopic (exact) mass is 546 g/mol. The second kappa shape index (κ2) is 10.5. The van der Waals surface area contributed by atoms with E-state index in [4.69, 9.17) is 4.74 Å². The average Bonchev–Trinajstić information content (AvgIpc) is 3.29. The fraction of sp³-hybridized carbons (Fsp3) is 0.440. The van der Waals surface area contributed by atoms with Crippen LogP contribution in [0.25, 0.3) is 0 Å². The molecule has 2 aromatic rings. The van der Waals surface area contributed by atoms with Crippen LogP contribution in [-0.2, 0) is 14.8 Å². The Labute approximate surface area is 220 Å². The van der Waals surface area contributed by atoms with Crippen LogP contribution < -0.4 is 31.1 Å². The number of piperidine rings is 1. The van der Waals surface area contributed by atoms with Crippen molar-refractivity contribution in [2.45, 2.75) is 24.7 Å². The summed E-state index contributed by atoms with van der Waals surface area (Å²) in [6.45, 7) is 0.984. The predicted octanol–water partition coefficient (Wildman–Crippen LogP) is 0.326. The third kappa shape index (κ3) is 5.19. The Bertz CT molecular complexity index is 1320. The molecule has 2 aromatic carbocycles. The largest absolute Gasteiger partial charge is 0.496 e. The van der Waals surface area contributed by atoms with Crippen LogP contribution in [0.4, 0.5) is 10.1 Å². The molecule has 4 unspecified atom stereocenters. The van der Waals surface area contributed by atoms with Crippen LogP contribution >= 0.6 is 0 Å². The number of ether oxygens (including phenoxy) is 1. The molecule has 0 saturated carbocycles. The van der Waals surface area contributed by atoms with Gasteiger partial charge in [-0.1, -0.05) is 6.07 Å². The number of carbonyl (C=O) groups excluding carboxylic acids is 2. The smallest absolute Gasteiger partial charge is 0.255 e. The van der Waals surface area contributed by atoms with Crippen molar-refractivity contribution < 1.29 is 27.1 Å². The number of benzene rings is 2. The normalized spacial score (nSPS) is 25.7. The minimum absolute atomic E-state index is 0.00550. The zero-order valence-electron chi connectivity index (χ0n) is 21.1. The van der Waals surface area contributed by atoms with Gasteiger partial charge in [0, 0.05) is 47.9 Å². The molecule has 3 saturated heterocycles. The highest BCUT2D eigenvalue weighted by molar-refractivity contribution is 7.88.